The van der Waals surface area contributed by atoms with Crippen LogP contribution in [0.2, 0.25) is 0 Å². The molecule has 0 radical (unpaired) electrons. The number of ether oxygens (including phenoxy) is 3. The van der Waals surface area contributed by atoms with E-state index in [0.717, 1.165) is 5.56 Å². The number of esters is 1. The van der Waals surface area contributed by atoms with Crippen molar-refractivity contribution in [2.24, 2.45) is 5.41 Å². The average Bonchev–Trinajstić information content (AvgIpc) is 3.01. The van der Waals surface area contributed by atoms with Crippen molar-refractivity contribution < 1.29 is 28.9 Å². The SMILES string of the molecule is COC(=O)C1(C(=O)O)CC1c1ccc2c(c1)OCO2. The second kappa shape index (κ2) is 3.88. The van der Waals surface area contributed by atoms with Gasteiger partial charge in [-0.15, -0.1) is 0 Å². The van der Waals surface area contributed by atoms with E-state index in [1.807, 2.05) is 0 Å². The Kier molecular flexibility index (Phi) is 2.41. The normalized spacial score (nSPS) is 26.9. The highest BCUT2D eigenvalue weighted by atomic mass is 16.7. The van der Waals surface area contributed by atoms with Crippen LogP contribution in [0.3, 0.4) is 0 Å². The zero-order chi connectivity index (χ0) is 13.6. The number of methoxy groups -OCH3 is 1. The number of carboxylic acids is 1. The van der Waals surface area contributed by atoms with Crippen LogP contribution in [-0.2, 0) is 14.3 Å². The number of aliphatic carboxylic acids is 1. The molecule has 0 saturated heterocycles. The molecule has 100 valence electrons. The van der Waals surface area contributed by atoms with Crippen molar-refractivity contribution in [3.63, 3.8) is 0 Å². The molecule has 3 rings (SSSR count). The zero-order valence-electron chi connectivity index (χ0n) is 10.2. The summed E-state index contributed by atoms with van der Waals surface area (Å²) in [5.41, 5.74) is -0.709. The van der Waals surface area contributed by atoms with E-state index < -0.39 is 17.4 Å². The van der Waals surface area contributed by atoms with Crippen molar-refractivity contribution in [1.82, 2.24) is 0 Å². The van der Waals surface area contributed by atoms with Crippen molar-refractivity contribution >= 4 is 11.9 Å². The van der Waals surface area contributed by atoms with E-state index in [0.29, 0.717) is 11.5 Å². The van der Waals surface area contributed by atoms with Crippen molar-refractivity contribution in [3.05, 3.63) is 23.8 Å². The van der Waals surface area contributed by atoms with Gasteiger partial charge >= 0.3 is 11.9 Å². The number of rotatable bonds is 3. The number of carboxylic acid groups (broad SMARTS) is 1. The predicted molar refractivity (Wildman–Crippen MR) is 62.0 cm³/mol. The third-order valence-corrected chi connectivity index (χ3v) is 3.69. The van der Waals surface area contributed by atoms with Gasteiger partial charge in [0.2, 0.25) is 6.79 Å². The van der Waals surface area contributed by atoms with Crippen LogP contribution in [0.5, 0.6) is 11.5 Å². The average molecular weight is 264 g/mol. The zero-order valence-corrected chi connectivity index (χ0v) is 10.2. The van der Waals surface area contributed by atoms with Gasteiger partial charge in [0.15, 0.2) is 16.9 Å². The highest BCUT2D eigenvalue weighted by molar-refractivity contribution is 6.04. The Morgan fingerprint density at radius 3 is 2.79 bits per heavy atom. The molecule has 19 heavy (non-hydrogen) atoms. The van der Waals surface area contributed by atoms with Gasteiger partial charge in [0.25, 0.3) is 0 Å². The molecule has 0 aromatic heterocycles. The van der Waals surface area contributed by atoms with Gasteiger partial charge in [-0.1, -0.05) is 6.07 Å². The van der Waals surface area contributed by atoms with Crippen LogP contribution >= 0.6 is 0 Å². The Morgan fingerprint density at radius 2 is 2.11 bits per heavy atom. The Labute approximate surface area is 108 Å². The Balaban J connectivity index is 1.92. The first kappa shape index (κ1) is 11.8. The predicted octanol–water partition coefficient (Wildman–Crippen LogP) is 1.15. The summed E-state index contributed by atoms with van der Waals surface area (Å²) in [6.07, 6.45) is 0.245. The van der Waals surface area contributed by atoms with Crippen molar-refractivity contribution in [2.45, 2.75) is 12.3 Å². The van der Waals surface area contributed by atoms with Gasteiger partial charge in [-0.2, -0.15) is 0 Å². The van der Waals surface area contributed by atoms with Gasteiger partial charge in [-0.25, -0.2) is 0 Å². The molecule has 2 unspecified atom stereocenters. The largest absolute Gasteiger partial charge is 0.480 e. The molecular formula is C13H12O6. The van der Waals surface area contributed by atoms with Gasteiger partial charge in [-0.3, -0.25) is 9.59 Å². The summed E-state index contributed by atoms with van der Waals surface area (Å²) in [4.78, 5) is 23.0. The maximum absolute atomic E-state index is 11.7. The molecule has 1 N–H and O–H groups in total. The van der Waals surface area contributed by atoms with Gasteiger partial charge in [0, 0.05) is 5.92 Å². The van der Waals surface area contributed by atoms with Crippen LogP contribution in [-0.4, -0.2) is 30.9 Å². The van der Waals surface area contributed by atoms with Crippen LogP contribution in [0.4, 0.5) is 0 Å². The minimum Gasteiger partial charge on any atom is -0.480 e. The Hall–Kier alpha value is -2.24. The molecule has 0 spiro atoms. The monoisotopic (exact) mass is 264 g/mol. The fourth-order valence-electron chi connectivity index (χ4n) is 2.53. The first-order valence-electron chi connectivity index (χ1n) is 5.81. The van der Waals surface area contributed by atoms with E-state index in [-0.39, 0.29) is 19.1 Å². The van der Waals surface area contributed by atoms with Crippen molar-refractivity contribution in [1.29, 1.82) is 0 Å². The molecular weight excluding hydrogens is 252 g/mol. The molecule has 1 aromatic carbocycles. The molecule has 1 aromatic rings. The molecule has 1 saturated carbocycles. The first-order chi connectivity index (χ1) is 9.09. The highest BCUT2D eigenvalue weighted by Gasteiger charge is 2.68. The van der Waals surface area contributed by atoms with E-state index in [9.17, 15) is 14.7 Å². The number of benzene rings is 1. The number of hydrogen-bond donors (Lipinski definition) is 1. The Morgan fingerprint density at radius 1 is 1.37 bits per heavy atom. The molecule has 6 nitrogen and oxygen atoms in total. The highest BCUT2D eigenvalue weighted by Crippen LogP contribution is 2.61. The minimum atomic E-state index is -1.46. The van der Waals surface area contributed by atoms with Gasteiger partial charge in [-0.05, 0) is 24.1 Å². The Bertz CT molecular complexity index is 566. The van der Waals surface area contributed by atoms with Gasteiger partial charge < -0.3 is 19.3 Å². The number of fused-ring (bicyclic) bond motifs is 1. The lowest BCUT2D eigenvalue weighted by molar-refractivity contribution is -0.159. The van der Waals surface area contributed by atoms with Crippen LogP contribution in [0.25, 0.3) is 0 Å². The molecule has 1 aliphatic carbocycles. The second-order valence-corrected chi connectivity index (χ2v) is 4.64. The fourth-order valence-corrected chi connectivity index (χ4v) is 2.53. The summed E-state index contributed by atoms with van der Waals surface area (Å²) in [5, 5.41) is 9.27. The molecule has 2 aliphatic rings. The summed E-state index contributed by atoms with van der Waals surface area (Å²) in [5.74, 6) is -1.03. The lowest BCUT2D eigenvalue weighted by atomic mass is 9.99. The van der Waals surface area contributed by atoms with Gasteiger partial charge in [0.1, 0.15) is 0 Å². The topological polar surface area (TPSA) is 82.1 Å². The van der Waals surface area contributed by atoms with E-state index in [1.165, 1.54) is 7.11 Å². The number of carbonyl (C=O) groups excluding carboxylic acids is 1. The summed E-state index contributed by atoms with van der Waals surface area (Å²) >= 11 is 0. The van der Waals surface area contributed by atoms with Gasteiger partial charge in [0.05, 0.1) is 7.11 Å². The standard InChI is InChI=1S/C13H12O6/c1-17-12(16)13(11(14)15)5-8(13)7-2-3-9-10(4-7)19-6-18-9/h2-4,8H,5-6H2,1H3,(H,14,15). The van der Waals surface area contributed by atoms with E-state index in [1.54, 1.807) is 18.2 Å². The number of hydrogen-bond acceptors (Lipinski definition) is 5. The molecule has 1 fully saturated rings. The van der Waals surface area contributed by atoms with Crippen LogP contribution in [0, 0.1) is 5.41 Å². The molecule has 1 heterocycles. The molecule has 0 amide bonds. The first-order valence-corrected chi connectivity index (χ1v) is 5.81. The molecule has 1 aliphatic heterocycles. The summed E-state index contributed by atoms with van der Waals surface area (Å²) in [6.45, 7) is 0.157. The quantitative estimate of drug-likeness (QED) is 0.651. The molecule has 0 bridgehead atoms. The lowest BCUT2D eigenvalue weighted by Crippen LogP contribution is -2.28. The molecule has 2 atom stereocenters. The smallest absolute Gasteiger partial charge is 0.323 e. The van der Waals surface area contributed by atoms with Crippen molar-refractivity contribution in [3.8, 4) is 11.5 Å². The maximum atomic E-state index is 11.7. The molecule has 6 heteroatoms. The summed E-state index contributed by atoms with van der Waals surface area (Å²) in [6, 6.07) is 5.20. The third-order valence-electron chi connectivity index (χ3n) is 3.69. The second-order valence-electron chi connectivity index (χ2n) is 4.64. The van der Waals surface area contributed by atoms with E-state index >= 15 is 0 Å². The van der Waals surface area contributed by atoms with Crippen molar-refractivity contribution in [2.75, 3.05) is 13.9 Å². The third kappa shape index (κ3) is 1.56. The van der Waals surface area contributed by atoms with E-state index in [4.69, 9.17) is 9.47 Å². The lowest BCUT2D eigenvalue weighted by Gasteiger charge is -2.10. The minimum absolute atomic E-state index is 0.157. The number of carbonyl (C=O) groups is 2. The summed E-state index contributed by atoms with van der Waals surface area (Å²) in [7, 11) is 1.20. The van der Waals surface area contributed by atoms with Crippen LogP contribution < -0.4 is 9.47 Å². The van der Waals surface area contributed by atoms with E-state index in [2.05, 4.69) is 4.74 Å². The van der Waals surface area contributed by atoms with Crippen LogP contribution in [0.1, 0.15) is 17.9 Å². The maximum Gasteiger partial charge on any atom is 0.323 e. The van der Waals surface area contributed by atoms with Crippen LogP contribution in [0.15, 0.2) is 18.2 Å². The summed E-state index contributed by atoms with van der Waals surface area (Å²) < 4.78 is 15.0. The fraction of sp³-hybridized carbons (Fsp3) is 0.385.